The first-order valence-electron chi connectivity index (χ1n) is 8.24. The number of nitrogens with one attached hydrogen (secondary N) is 1. The molecular weight excluding hydrogens is 392 g/mol. The molecule has 1 aliphatic rings. The van der Waals surface area contributed by atoms with Crippen LogP contribution >= 0.6 is 23.5 Å². The van der Waals surface area contributed by atoms with Gasteiger partial charge in [-0.3, -0.25) is 4.79 Å². The normalized spacial score (nSPS) is 15.4. The van der Waals surface area contributed by atoms with Crippen LogP contribution in [0.25, 0.3) is 0 Å². The number of anilines is 1. The minimum Gasteiger partial charge on any atom is -0.449 e. The van der Waals surface area contributed by atoms with Crippen molar-refractivity contribution in [3.63, 3.8) is 0 Å². The maximum Gasteiger partial charge on any atom is 0.338 e. The Balaban J connectivity index is 1.60. The number of rotatable bonds is 5. The maximum atomic E-state index is 13.6. The highest BCUT2D eigenvalue weighted by Crippen LogP contribution is 2.45. The van der Waals surface area contributed by atoms with E-state index in [1.807, 2.05) is 35.7 Å². The van der Waals surface area contributed by atoms with E-state index in [0.29, 0.717) is 10.1 Å². The van der Waals surface area contributed by atoms with Gasteiger partial charge in [0.1, 0.15) is 17.3 Å². The van der Waals surface area contributed by atoms with E-state index >= 15 is 0 Å². The monoisotopic (exact) mass is 409 g/mol. The highest BCUT2D eigenvalue weighted by Gasteiger charge is 2.22. The third kappa shape index (κ3) is 4.81. The van der Waals surface area contributed by atoms with Crippen LogP contribution in [-0.4, -0.2) is 29.5 Å². The number of amides is 1. The molecule has 1 saturated heterocycles. The second-order valence-corrected chi connectivity index (χ2v) is 8.55. The number of carbonyl (C=O) groups is 2. The molecule has 0 spiro atoms. The average molecular weight is 409 g/mol. The molecule has 1 heterocycles. The molecule has 0 saturated carbocycles. The minimum atomic E-state index is -1.21. The molecule has 0 bridgehead atoms. The van der Waals surface area contributed by atoms with Gasteiger partial charge in [-0.15, -0.1) is 23.5 Å². The lowest BCUT2D eigenvalue weighted by atomic mass is 10.1. The van der Waals surface area contributed by atoms with Crippen molar-refractivity contribution in [3.8, 4) is 0 Å². The van der Waals surface area contributed by atoms with Crippen LogP contribution in [-0.2, 0) is 9.53 Å². The number of hydrogen-bond donors (Lipinski definition) is 1. The standard InChI is InChI=1S/C19H17F2NO3S2/c1-11(17(23)22-16-14(20)3-2-4-15(16)21)25-18(24)12-5-7-13(8-6-12)19-26-9-10-27-19/h2-8,11,19H,9-10H2,1H3,(H,22,23)/t11-/m1/s1. The number of esters is 1. The van der Waals surface area contributed by atoms with Crippen LogP contribution in [0.4, 0.5) is 14.5 Å². The van der Waals surface area contributed by atoms with E-state index in [1.54, 1.807) is 12.1 Å². The van der Waals surface area contributed by atoms with Crippen molar-refractivity contribution in [3.05, 3.63) is 65.2 Å². The summed E-state index contributed by atoms with van der Waals surface area (Å²) in [7, 11) is 0. The molecule has 1 atom stereocenters. The number of hydrogen-bond acceptors (Lipinski definition) is 5. The molecule has 142 valence electrons. The maximum absolute atomic E-state index is 13.6. The summed E-state index contributed by atoms with van der Waals surface area (Å²) in [4.78, 5) is 24.3. The summed E-state index contributed by atoms with van der Waals surface area (Å²) in [5.74, 6) is -1.09. The zero-order valence-electron chi connectivity index (χ0n) is 14.4. The molecule has 3 rings (SSSR count). The van der Waals surface area contributed by atoms with Gasteiger partial charge in [0.15, 0.2) is 6.10 Å². The van der Waals surface area contributed by atoms with Crippen LogP contribution in [0.2, 0.25) is 0 Å². The van der Waals surface area contributed by atoms with E-state index in [0.717, 1.165) is 29.2 Å². The Hall–Kier alpha value is -2.06. The molecule has 0 radical (unpaired) electrons. The van der Waals surface area contributed by atoms with Gasteiger partial charge in [-0.25, -0.2) is 13.6 Å². The number of ether oxygens (including phenoxy) is 1. The molecule has 0 unspecified atom stereocenters. The van der Waals surface area contributed by atoms with Gasteiger partial charge in [0.05, 0.1) is 10.1 Å². The molecule has 4 nitrogen and oxygen atoms in total. The molecule has 27 heavy (non-hydrogen) atoms. The predicted molar refractivity (Wildman–Crippen MR) is 104 cm³/mol. The smallest absolute Gasteiger partial charge is 0.338 e. The van der Waals surface area contributed by atoms with Gasteiger partial charge in [-0.05, 0) is 36.8 Å². The fourth-order valence-corrected chi connectivity index (χ4v) is 5.31. The molecule has 2 aromatic rings. The Morgan fingerprint density at radius 3 is 2.26 bits per heavy atom. The Morgan fingerprint density at radius 1 is 1.07 bits per heavy atom. The molecule has 1 aliphatic heterocycles. The zero-order valence-corrected chi connectivity index (χ0v) is 16.0. The number of para-hydroxylation sites is 1. The summed E-state index contributed by atoms with van der Waals surface area (Å²) in [5.41, 5.74) is 0.865. The quantitative estimate of drug-likeness (QED) is 0.730. The van der Waals surface area contributed by atoms with Crippen molar-refractivity contribution in [2.45, 2.75) is 17.6 Å². The minimum absolute atomic E-state index is 0.309. The van der Waals surface area contributed by atoms with Crippen molar-refractivity contribution >= 4 is 41.1 Å². The van der Waals surface area contributed by atoms with Gasteiger partial charge >= 0.3 is 5.97 Å². The Labute approximate surface area is 164 Å². The van der Waals surface area contributed by atoms with E-state index in [1.165, 1.54) is 13.0 Å². The molecule has 1 N–H and O–H groups in total. The van der Waals surface area contributed by atoms with Crippen LogP contribution in [0, 0.1) is 11.6 Å². The highest BCUT2D eigenvalue weighted by atomic mass is 32.2. The summed E-state index contributed by atoms with van der Waals surface area (Å²) in [5, 5.41) is 2.11. The molecule has 1 amide bonds. The molecule has 0 aromatic heterocycles. The Morgan fingerprint density at radius 2 is 1.67 bits per heavy atom. The summed E-state index contributed by atoms with van der Waals surface area (Å²) >= 11 is 3.72. The molecule has 8 heteroatoms. The molecule has 2 aromatic carbocycles. The number of halogens is 2. The number of thioether (sulfide) groups is 2. The van der Waals surface area contributed by atoms with Crippen LogP contribution in [0.3, 0.4) is 0 Å². The molecule has 1 fully saturated rings. The fourth-order valence-electron chi connectivity index (χ4n) is 2.45. The van der Waals surface area contributed by atoms with Crippen molar-refractivity contribution in [1.29, 1.82) is 0 Å². The lowest BCUT2D eigenvalue weighted by molar-refractivity contribution is -0.123. The van der Waals surface area contributed by atoms with E-state index < -0.39 is 35.3 Å². The van der Waals surface area contributed by atoms with E-state index in [-0.39, 0.29) is 0 Å². The number of benzene rings is 2. The zero-order chi connectivity index (χ0) is 19.4. The summed E-state index contributed by atoms with van der Waals surface area (Å²) in [6.45, 7) is 1.34. The first-order chi connectivity index (χ1) is 13.0. The second kappa shape index (κ2) is 8.75. The van der Waals surface area contributed by atoms with Crippen LogP contribution < -0.4 is 5.32 Å². The van der Waals surface area contributed by atoms with Gasteiger partial charge in [0.25, 0.3) is 5.91 Å². The first kappa shape index (κ1) is 19.7. The Bertz CT molecular complexity index is 819. The molecular formula is C19H17F2NO3S2. The fraction of sp³-hybridized carbons (Fsp3) is 0.263. The van der Waals surface area contributed by atoms with Crippen molar-refractivity contribution in [2.24, 2.45) is 0 Å². The third-order valence-corrected chi connectivity index (χ3v) is 7.01. The average Bonchev–Trinajstić information content (AvgIpc) is 3.19. The van der Waals surface area contributed by atoms with Crippen LogP contribution in [0.5, 0.6) is 0 Å². The largest absolute Gasteiger partial charge is 0.449 e. The highest BCUT2D eigenvalue weighted by molar-refractivity contribution is 8.19. The number of carbonyl (C=O) groups excluding carboxylic acids is 2. The van der Waals surface area contributed by atoms with Crippen LogP contribution in [0.15, 0.2) is 42.5 Å². The van der Waals surface area contributed by atoms with E-state index in [4.69, 9.17) is 4.74 Å². The van der Waals surface area contributed by atoms with Gasteiger partial charge in [0, 0.05) is 11.5 Å². The van der Waals surface area contributed by atoms with Crippen molar-refractivity contribution in [1.82, 2.24) is 0 Å². The first-order valence-corrected chi connectivity index (χ1v) is 10.3. The van der Waals surface area contributed by atoms with E-state index in [9.17, 15) is 18.4 Å². The van der Waals surface area contributed by atoms with Gasteiger partial charge in [-0.2, -0.15) is 0 Å². The van der Waals surface area contributed by atoms with Gasteiger partial charge in [-0.1, -0.05) is 18.2 Å². The third-order valence-electron chi connectivity index (χ3n) is 3.90. The van der Waals surface area contributed by atoms with Gasteiger partial charge in [0.2, 0.25) is 0 Å². The summed E-state index contributed by atoms with van der Waals surface area (Å²) in [6.07, 6.45) is -1.21. The topological polar surface area (TPSA) is 55.4 Å². The van der Waals surface area contributed by atoms with Crippen molar-refractivity contribution < 1.29 is 23.1 Å². The van der Waals surface area contributed by atoms with Gasteiger partial charge < -0.3 is 10.1 Å². The predicted octanol–water partition coefficient (Wildman–Crippen LogP) is 4.63. The lowest BCUT2D eigenvalue weighted by Crippen LogP contribution is -2.30. The lowest BCUT2D eigenvalue weighted by Gasteiger charge is -2.15. The second-order valence-electron chi connectivity index (χ2n) is 5.83. The van der Waals surface area contributed by atoms with Crippen molar-refractivity contribution in [2.75, 3.05) is 16.8 Å². The van der Waals surface area contributed by atoms with E-state index in [2.05, 4.69) is 5.32 Å². The Kier molecular flexibility index (Phi) is 6.38. The summed E-state index contributed by atoms with van der Waals surface area (Å²) in [6, 6.07) is 10.3. The SMILES string of the molecule is C[C@@H](OC(=O)c1ccc(C2SCCS2)cc1)C(=O)Nc1c(F)cccc1F. The summed E-state index contributed by atoms with van der Waals surface area (Å²) < 4.78 is 32.7. The molecule has 0 aliphatic carbocycles. The van der Waals surface area contributed by atoms with Crippen LogP contribution in [0.1, 0.15) is 27.4 Å².